The van der Waals surface area contributed by atoms with Gasteiger partial charge in [-0.3, -0.25) is 11.3 Å². The molecule has 2 atom stereocenters. The second-order valence-corrected chi connectivity index (χ2v) is 6.26. The lowest BCUT2D eigenvalue weighted by Gasteiger charge is -2.48. The normalized spacial score (nSPS) is 28.0. The van der Waals surface area contributed by atoms with Gasteiger partial charge in [-0.2, -0.15) is 0 Å². The van der Waals surface area contributed by atoms with Gasteiger partial charge in [0.1, 0.15) is 0 Å². The average molecular weight is 254 g/mol. The Morgan fingerprint density at radius 3 is 2.78 bits per heavy atom. The van der Waals surface area contributed by atoms with Crippen molar-refractivity contribution in [1.82, 2.24) is 5.43 Å². The standard InChI is InChI=1S/C15H30N2O/c1-2-3-4-5-7-14(17-16)13-8-11-18-15(12-13)9-6-10-15/h13-14,17H,2-12,16H2,1H3. The zero-order valence-corrected chi connectivity index (χ0v) is 11.9. The molecular formula is C15H30N2O. The predicted molar refractivity (Wildman–Crippen MR) is 75.1 cm³/mol. The van der Waals surface area contributed by atoms with E-state index < -0.39 is 0 Å². The third kappa shape index (κ3) is 3.46. The van der Waals surface area contributed by atoms with Gasteiger partial charge in [0.15, 0.2) is 0 Å². The van der Waals surface area contributed by atoms with E-state index in [1.807, 2.05) is 0 Å². The van der Waals surface area contributed by atoms with E-state index in [1.54, 1.807) is 0 Å². The van der Waals surface area contributed by atoms with Gasteiger partial charge in [-0.05, 0) is 44.4 Å². The molecule has 0 aromatic rings. The van der Waals surface area contributed by atoms with Crippen LogP contribution in [0.3, 0.4) is 0 Å². The first-order valence-corrected chi connectivity index (χ1v) is 7.90. The summed E-state index contributed by atoms with van der Waals surface area (Å²) in [6.07, 6.45) is 12.9. The highest BCUT2D eigenvalue weighted by Gasteiger charge is 2.43. The number of ether oxygens (including phenoxy) is 1. The van der Waals surface area contributed by atoms with E-state index in [9.17, 15) is 0 Å². The largest absolute Gasteiger partial charge is 0.375 e. The molecule has 1 spiro atoms. The van der Waals surface area contributed by atoms with Crippen LogP contribution in [-0.2, 0) is 4.74 Å². The summed E-state index contributed by atoms with van der Waals surface area (Å²) < 4.78 is 6.00. The second-order valence-electron chi connectivity index (χ2n) is 6.26. The van der Waals surface area contributed by atoms with Crippen molar-refractivity contribution in [3.63, 3.8) is 0 Å². The molecule has 1 heterocycles. The third-order valence-corrected chi connectivity index (χ3v) is 4.95. The van der Waals surface area contributed by atoms with Crippen molar-refractivity contribution in [2.75, 3.05) is 6.61 Å². The first-order valence-electron chi connectivity index (χ1n) is 7.90. The van der Waals surface area contributed by atoms with Crippen molar-refractivity contribution in [3.8, 4) is 0 Å². The van der Waals surface area contributed by atoms with Crippen LogP contribution in [0.5, 0.6) is 0 Å². The molecule has 1 aliphatic carbocycles. The van der Waals surface area contributed by atoms with Gasteiger partial charge < -0.3 is 4.74 Å². The maximum absolute atomic E-state index is 6.00. The highest BCUT2D eigenvalue weighted by molar-refractivity contribution is 4.96. The molecule has 106 valence electrons. The fourth-order valence-electron chi connectivity index (χ4n) is 3.57. The van der Waals surface area contributed by atoms with Crippen LogP contribution in [0.4, 0.5) is 0 Å². The Labute approximate surface area is 112 Å². The van der Waals surface area contributed by atoms with Crippen LogP contribution in [0.1, 0.15) is 71.1 Å². The Balaban J connectivity index is 1.76. The zero-order chi connectivity index (χ0) is 12.8. The van der Waals surface area contributed by atoms with E-state index in [4.69, 9.17) is 10.6 Å². The average Bonchev–Trinajstić information content (AvgIpc) is 2.37. The number of nitrogens with two attached hydrogens (primary N) is 1. The number of unbranched alkanes of at least 4 members (excludes halogenated alkanes) is 3. The quantitative estimate of drug-likeness (QED) is 0.417. The molecular weight excluding hydrogens is 224 g/mol. The number of rotatable bonds is 7. The Bertz CT molecular complexity index is 241. The van der Waals surface area contributed by atoms with Gasteiger partial charge in [0.05, 0.1) is 5.60 Å². The van der Waals surface area contributed by atoms with Crippen LogP contribution in [-0.4, -0.2) is 18.2 Å². The van der Waals surface area contributed by atoms with E-state index in [2.05, 4.69) is 12.3 Å². The molecule has 2 aliphatic rings. The lowest BCUT2D eigenvalue weighted by molar-refractivity contribution is -0.147. The summed E-state index contributed by atoms with van der Waals surface area (Å²) in [4.78, 5) is 0. The summed E-state index contributed by atoms with van der Waals surface area (Å²) in [7, 11) is 0. The summed E-state index contributed by atoms with van der Waals surface area (Å²) in [5.41, 5.74) is 3.33. The molecule has 2 fully saturated rings. The summed E-state index contributed by atoms with van der Waals surface area (Å²) in [5, 5.41) is 0. The first kappa shape index (κ1) is 14.3. The van der Waals surface area contributed by atoms with E-state index >= 15 is 0 Å². The van der Waals surface area contributed by atoms with Gasteiger partial charge in [-0.15, -0.1) is 0 Å². The number of hydrogen-bond acceptors (Lipinski definition) is 3. The Kier molecular flexibility index (Phi) is 5.46. The molecule has 0 radical (unpaired) electrons. The monoisotopic (exact) mass is 254 g/mol. The minimum absolute atomic E-state index is 0.251. The molecule has 3 N–H and O–H groups in total. The van der Waals surface area contributed by atoms with E-state index in [0.717, 1.165) is 12.5 Å². The fourth-order valence-corrected chi connectivity index (χ4v) is 3.57. The topological polar surface area (TPSA) is 47.3 Å². The molecule has 18 heavy (non-hydrogen) atoms. The summed E-state index contributed by atoms with van der Waals surface area (Å²) >= 11 is 0. The van der Waals surface area contributed by atoms with Gasteiger partial charge >= 0.3 is 0 Å². The van der Waals surface area contributed by atoms with Crippen molar-refractivity contribution < 1.29 is 4.74 Å². The second kappa shape index (κ2) is 6.88. The summed E-state index contributed by atoms with van der Waals surface area (Å²) in [6, 6.07) is 0.503. The minimum Gasteiger partial charge on any atom is -0.375 e. The van der Waals surface area contributed by atoms with Crippen molar-refractivity contribution in [2.45, 2.75) is 82.8 Å². The van der Waals surface area contributed by atoms with Crippen LogP contribution < -0.4 is 11.3 Å². The Hall–Kier alpha value is -0.120. The molecule has 0 bridgehead atoms. The molecule has 1 aliphatic heterocycles. The lowest BCUT2D eigenvalue weighted by atomic mass is 9.70. The smallest absolute Gasteiger partial charge is 0.0685 e. The molecule has 3 heteroatoms. The molecule has 0 amide bonds. The van der Waals surface area contributed by atoms with E-state index in [0.29, 0.717) is 6.04 Å². The molecule has 1 saturated heterocycles. The minimum atomic E-state index is 0.251. The molecule has 2 rings (SSSR count). The van der Waals surface area contributed by atoms with Crippen LogP contribution in [0.25, 0.3) is 0 Å². The first-order chi connectivity index (χ1) is 8.79. The van der Waals surface area contributed by atoms with Crippen molar-refractivity contribution in [3.05, 3.63) is 0 Å². The van der Waals surface area contributed by atoms with Gasteiger partial charge in [0.25, 0.3) is 0 Å². The van der Waals surface area contributed by atoms with Gasteiger partial charge in [0, 0.05) is 12.6 Å². The van der Waals surface area contributed by atoms with Crippen LogP contribution in [0.2, 0.25) is 0 Å². The van der Waals surface area contributed by atoms with E-state index in [-0.39, 0.29) is 5.60 Å². The van der Waals surface area contributed by atoms with Crippen molar-refractivity contribution in [1.29, 1.82) is 0 Å². The summed E-state index contributed by atoms with van der Waals surface area (Å²) in [5.74, 6) is 6.50. The van der Waals surface area contributed by atoms with Crippen LogP contribution in [0, 0.1) is 5.92 Å². The summed E-state index contributed by atoms with van der Waals surface area (Å²) in [6.45, 7) is 3.20. The highest BCUT2D eigenvalue weighted by atomic mass is 16.5. The maximum atomic E-state index is 6.00. The van der Waals surface area contributed by atoms with Gasteiger partial charge in [-0.1, -0.05) is 32.6 Å². The Morgan fingerprint density at radius 2 is 2.17 bits per heavy atom. The molecule has 3 nitrogen and oxygen atoms in total. The zero-order valence-electron chi connectivity index (χ0n) is 11.9. The van der Waals surface area contributed by atoms with Gasteiger partial charge in [-0.25, -0.2) is 0 Å². The Morgan fingerprint density at radius 1 is 1.33 bits per heavy atom. The molecule has 1 saturated carbocycles. The maximum Gasteiger partial charge on any atom is 0.0685 e. The lowest BCUT2D eigenvalue weighted by Crippen LogP contribution is -2.51. The number of hydrazine groups is 1. The number of hydrogen-bond donors (Lipinski definition) is 2. The SMILES string of the molecule is CCCCCCC(NN)C1CCOC2(CCC2)C1. The van der Waals surface area contributed by atoms with E-state index in [1.165, 1.54) is 64.2 Å². The van der Waals surface area contributed by atoms with Crippen molar-refractivity contribution >= 4 is 0 Å². The fraction of sp³-hybridized carbons (Fsp3) is 1.00. The molecule has 2 unspecified atom stereocenters. The van der Waals surface area contributed by atoms with Gasteiger partial charge in [0.2, 0.25) is 0 Å². The molecule has 0 aromatic heterocycles. The molecule has 0 aromatic carbocycles. The predicted octanol–water partition coefficient (Wildman–Crippen LogP) is 3.14. The van der Waals surface area contributed by atoms with Crippen LogP contribution >= 0.6 is 0 Å². The number of nitrogens with one attached hydrogen (secondary N) is 1. The van der Waals surface area contributed by atoms with Crippen LogP contribution in [0.15, 0.2) is 0 Å². The van der Waals surface area contributed by atoms with Crippen molar-refractivity contribution in [2.24, 2.45) is 11.8 Å². The third-order valence-electron chi connectivity index (χ3n) is 4.95. The highest BCUT2D eigenvalue weighted by Crippen LogP contribution is 2.45.